The van der Waals surface area contributed by atoms with Crippen molar-refractivity contribution in [3.63, 3.8) is 0 Å². The van der Waals surface area contributed by atoms with Crippen LogP contribution in [0.25, 0.3) is 0 Å². The van der Waals surface area contributed by atoms with Crippen molar-refractivity contribution in [3.8, 4) is 0 Å². The second-order valence-corrected chi connectivity index (χ2v) is 5.02. The Balaban J connectivity index is 2.30. The van der Waals surface area contributed by atoms with Crippen molar-refractivity contribution in [1.82, 2.24) is 10.6 Å². The third-order valence-electron chi connectivity index (χ3n) is 2.38. The summed E-state index contributed by atoms with van der Waals surface area (Å²) in [5.41, 5.74) is 0.579. The molecule has 0 fully saturated rings. The number of ether oxygens (including phenoxy) is 1. The molecule has 2 N–H and O–H groups in total. The van der Waals surface area contributed by atoms with Crippen LogP contribution in [0.4, 0.5) is 0 Å². The van der Waals surface area contributed by atoms with E-state index in [1.807, 2.05) is 12.1 Å². The number of methoxy groups -OCH3 is 1. The normalized spacial score (nSPS) is 10.0. The highest BCUT2D eigenvalue weighted by atomic mass is 127. The average molecular weight is 376 g/mol. The molecule has 0 saturated carbocycles. The minimum Gasteiger partial charge on any atom is -0.385 e. The van der Waals surface area contributed by atoms with Crippen LogP contribution in [0.15, 0.2) is 24.3 Å². The van der Waals surface area contributed by atoms with Crippen molar-refractivity contribution in [2.24, 2.45) is 0 Å². The van der Waals surface area contributed by atoms with Crippen molar-refractivity contribution >= 4 is 34.4 Å². The number of nitrogens with one attached hydrogen (secondary N) is 2. The largest absolute Gasteiger partial charge is 0.385 e. The topological polar surface area (TPSA) is 67.4 Å². The second kappa shape index (κ2) is 8.87. The highest BCUT2D eigenvalue weighted by Crippen LogP contribution is 2.10. The Bertz CT molecular complexity index is 438. The lowest BCUT2D eigenvalue weighted by atomic mass is 10.2. The van der Waals surface area contributed by atoms with E-state index in [1.54, 1.807) is 19.2 Å². The fourth-order valence-corrected chi connectivity index (χ4v) is 2.04. The molecule has 0 heterocycles. The monoisotopic (exact) mass is 376 g/mol. The van der Waals surface area contributed by atoms with Crippen LogP contribution in [0.2, 0.25) is 0 Å². The van der Waals surface area contributed by atoms with E-state index < -0.39 is 0 Å². The summed E-state index contributed by atoms with van der Waals surface area (Å²) in [4.78, 5) is 23.3. The van der Waals surface area contributed by atoms with E-state index in [1.165, 1.54) is 0 Å². The Labute approximate surface area is 126 Å². The van der Waals surface area contributed by atoms with E-state index in [-0.39, 0.29) is 18.4 Å². The zero-order chi connectivity index (χ0) is 14.1. The van der Waals surface area contributed by atoms with Gasteiger partial charge in [-0.1, -0.05) is 12.1 Å². The molecule has 6 heteroatoms. The molecule has 19 heavy (non-hydrogen) atoms. The van der Waals surface area contributed by atoms with Crippen LogP contribution < -0.4 is 10.6 Å². The van der Waals surface area contributed by atoms with E-state index >= 15 is 0 Å². The number of rotatable bonds is 7. The molecule has 0 unspecified atom stereocenters. The van der Waals surface area contributed by atoms with Crippen molar-refractivity contribution in [1.29, 1.82) is 0 Å². The Kier molecular flexibility index (Phi) is 7.42. The van der Waals surface area contributed by atoms with Crippen LogP contribution in [0.5, 0.6) is 0 Å². The molecule has 104 valence electrons. The number of hydrogen-bond donors (Lipinski definition) is 2. The smallest absolute Gasteiger partial charge is 0.252 e. The first kappa shape index (κ1) is 15.9. The zero-order valence-corrected chi connectivity index (χ0v) is 12.9. The SMILES string of the molecule is COCCCNC(=O)CNC(=O)c1ccccc1I. The van der Waals surface area contributed by atoms with Crippen LogP contribution in [-0.4, -0.2) is 38.6 Å². The van der Waals surface area contributed by atoms with Gasteiger partial charge in [0.1, 0.15) is 0 Å². The molecule has 1 aromatic rings. The number of benzene rings is 1. The van der Waals surface area contributed by atoms with Gasteiger partial charge in [-0.25, -0.2) is 0 Å². The third kappa shape index (κ3) is 6.02. The van der Waals surface area contributed by atoms with E-state index in [2.05, 4.69) is 33.2 Å². The number of halogens is 1. The van der Waals surface area contributed by atoms with E-state index in [4.69, 9.17) is 4.74 Å². The van der Waals surface area contributed by atoms with Gasteiger partial charge in [0, 0.05) is 23.8 Å². The molecule has 0 aromatic heterocycles. The van der Waals surface area contributed by atoms with E-state index in [9.17, 15) is 9.59 Å². The van der Waals surface area contributed by atoms with Crippen LogP contribution in [0.3, 0.4) is 0 Å². The summed E-state index contributed by atoms with van der Waals surface area (Å²) in [6.45, 7) is 1.14. The highest BCUT2D eigenvalue weighted by Gasteiger charge is 2.10. The molecule has 0 bridgehead atoms. The lowest BCUT2D eigenvalue weighted by Gasteiger charge is -2.07. The molecule has 1 rings (SSSR count). The lowest BCUT2D eigenvalue weighted by molar-refractivity contribution is -0.120. The zero-order valence-electron chi connectivity index (χ0n) is 10.7. The summed E-state index contributed by atoms with van der Waals surface area (Å²) in [6, 6.07) is 7.23. The number of amides is 2. The van der Waals surface area contributed by atoms with Gasteiger partial charge in [-0.05, 0) is 41.1 Å². The van der Waals surface area contributed by atoms with Crippen molar-refractivity contribution < 1.29 is 14.3 Å². The standard InChI is InChI=1S/C13H17IN2O3/c1-19-8-4-7-15-12(17)9-16-13(18)10-5-2-3-6-11(10)14/h2-3,5-6H,4,7-9H2,1H3,(H,15,17)(H,16,18). The minimum absolute atomic E-state index is 0.0171. The first-order valence-corrected chi connectivity index (χ1v) is 7.01. The molecule has 2 amide bonds. The molecular weight excluding hydrogens is 359 g/mol. The van der Waals surface area contributed by atoms with Gasteiger partial charge in [-0.2, -0.15) is 0 Å². The first-order chi connectivity index (χ1) is 9.15. The van der Waals surface area contributed by atoms with Gasteiger partial charge >= 0.3 is 0 Å². The Morgan fingerprint density at radius 1 is 1.26 bits per heavy atom. The molecule has 5 nitrogen and oxygen atoms in total. The Hall–Kier alpha value is -1.15. The molecule has 0 atom stereocenters. The Morgan fingerprint density at radius 2 is 2.00 bits per heavy atom. The predicted molar refractivity (Wildman–Crippen MR) is 81.0 cm³/mol. The number of carbonyl (C=O) groups is 2. The van der Waals surface area contributed by atoms with Gasteiger partial charge in [0.25, 0.3) is 5.91 Å². The van der Waals surface area contributed by atoms with Crippen LogP contribution in [-0.2, 0) is 9.53 Å². The number of hydrogen-bond acceptors (Lipinski definition) is 3. The molecule has 0 spiro atoms. The van der Waals surface area contributed by atoms with Crippen molar-refractivity contribution in [3.05, 3.63) is 33.4 Å². The maximum atomic E-state index is 11.8. The second-order valence-electron chi connectivity index (χ2n) is 3.86. The minimum atomic E-state index is -0.239. The van der Waals surface area contributed by atoms with Gasteiger partial charge in [0.2, 0.25) is 5.91 Å². The van der Waals surface area contributed by atoms with Crippen molar-refractivity contribution in [2.45, 2.75) is 6.42 Å². The van der Waals surface area contributed by atoms with Crippen molar-refractivity contribution in [2.75, 3.05) is 26.8 Å². The molecule has 0 aliphatic heterocycles. The van der Waals surface area contributed by atoms with E-state index in [0.29, 0.717) is 18.7 Å². The predicted octanol–water partition coefficient (Wildman–Crippen LogP) is 1.17. The summed E-state index contributed by atoms with van der Waals surface area (Å²) >= 11 is 2.09. The van der Waals surface area contributed by atoms with Gasteiger partial charge < -0.3 is 15.4 Å². The van der Waals surface area contributed by atoms with Gasteiger partial charge in [0.15, 0.2) is 0 Å². The maximum Gasteiger partial charge on any atom is 0.252 e. The molecular formula is C13H17IN2O3. The Morgan fingerprint density at radius 3 is 2.68 bits per heavy atom. The summed E-state index contributed by atoms with van der Waals surface area (Å²) in [5.74, 6) is -0.438. The van der Waals surface area contributed by atoms with Gasteiger partial charge in [-0.3, -0.25) is 9.59 Å². The lowest BCUT2D eigenvalue weighted by Crippen LogP contribution is -2.37. The summed E-state index contributed by atoms with van der Waals surface area (Å²) in [6.07, 6.45) is 0.757. The molecule has 0 radical (unpaired) electrons. The van der Waals surface area contributed by atoms with Crippen LogP contribution in [0.1, 0.15) is 16.8 Å². The van der Waals surface area contributed by atoms with Gasteiger partial charge in [0.05, 0.1) is 12.1 Å². The molecule has 0 aliphatic rings. The number of carbonyl (C=O) groups excluding carboxylic acids is 2. The molecule has 0 aliphatic carbocycles. The first-order valence-electron chi connectivity index (χ1n) is 5.93. The fraction of sp³-hybridized carbons (Fsp3) is 0.385. The summed E-state index contributed by atoms with van der Waals surface area (Å²) < 4.78 is 5.73. The maximum absolute atomic E-state index is 11.8. The van der Waals surface area contributed by atoms with Crippen LogP contribution in [0, 0.1) is 3.57 Å². The summed E-state index contributed by atoms with van der Waals surface area (Å²) in [7, 11) is 1.61. The molecule has 1 aromatic carbocycles. The third-order valence-corrected chi connectivity index (χ3v) is 3.32. The quantitative estimate of drug-likeness (QED) is 0.555. The fourth-order valence-electron chi connectivity index (χ4n) is 1.41. The molecule has 0 saturated heterocycles. The van der Waals surface area contributed by atoms with E-state index in [0.717, 1.165) is 9.99 Å². The van der Waals surface area contributed by atoms with Crippen LogP contribution >= 0.6 is 22.6 Å². The summed E-state index contributed by atoms with van der Waals surface area (Å²) in [5, 5.41) is 5.30. The highest BCUT2D eigenvalue weighted by molar-refractivity contribution is 14.1. The van der Waals surface area contributed by atoms with Gasteiger partial charge in [-0.15, -0.1) is 0 Å². The average Bonchev–Trinajstić information content (AvgIpc) is 2.41.